The van der Waals surface area contributed by atoms with Gasteiger partial charge in [-0.25, -0.2) is 0 Å². The monoisotopic (exact) mass is 393 g/mol. The minimum Gasteiger partial charge on any atom is -0.494 e. The van der Waals surface area contributed by atoms with Crippen LogP contribution in [-0.2, 0) is 6.42 Å². The molecule has 5 aliphatic rings. The molecule has 29 heavy (non-hydrogen) atoms. The molecule has 0 atom stereocenters. The molecule has 1 heterocycles. The van der Waals surface area contributed by atoms with E-state index in [-0.39, 0.29) is 0 Å². The zero-order chi connectivity index (χ0) is 19.7. The van der Waals surface area contributed by atoms with Crippen molar-refractivity contribution in [2.45, 2.75) is 56.9 Å². The van der Waals surface area contributed by atoms with E-state index in [9.17, 15) is 0 Å². The van der Waals surface area contributed by atoms with Crippen molar-refractivity contribution in [2.24, 2.45) is 17.8 Å². The summed E-state index contributed by atoms with van der Waals surface area (Å²) in [6, 6.07) is 10.1. The third-order valence-electron chi connectivity index (χ3n) is 8.14. The molecule has 0 amide bonds. The van der Waals surface area contributed by atoms with Crippen LogP contribution in [0.15, 0.2) is 24.3 Å². The minimum absolute atomic E-state index is 0.468. The van der Waals surface area contributed by atoms with Crippen molar-refractivity contribution in [1.82, 2.24) is 9.80 Å². The summed E-state index contributed by atoms with van der Waals surface area (Å²) in [5.74, 6) is 4.06. The molecule has 4 bridgehead atoms. The van der Waals surface area contributed by atoms with Gasteiger partial charge >= 0.3 is 0 Å². The van der Waals surface area contributed by atoms with Crippen LogP contribution in [0.5, 0.6) is 5.75 Å². The van der Waals surface area contributed by atoms with Crippen LogP contribution in [0.3, 0.4) is 0 Å². The highest BCUT2D eigenvalue weighted by Crippen LogP contribution is 2.57. The van der Waals surface area contributed by atoms with Gasteiger partial charge in [0.15, 0.2) is 0 Å². The summed E-state index contributed by atoms with van der Waals surface area (Å²) in [6.07, 6.45) is 10.7. The molecule has 4 heteroatoms. The molecule has 1 aromatic carbocycles. The first kappa shape index (κ1) is 19.4. The van der Waals surface area contributed by atoms with Gasteiger partial charge in [0.25, 0.3) is 0 Å². The topological polar surface area (TPSA) is 39.5 Å². The van der Waals surface area contributed by atoms with Crippen molar-refractivity contribution >= 4 is 0 Å². The fourth-order valence-electron chi connectivity index (χ4n) is 7.17. The van der Waals surface area contributed by atoms with Gasteiger partial charge < -0.3 is 9.64 Å². The lowest BCUT2D eigenvalue weighted by atomic mass is 9.52. The summed E-state index contributed by atoms with van der Waals surface area (Å²) in [6.45, 7) is 6.91. The Morgan fingerprint density at radius 1 is 0.931 bits per heavy atom. The number of hydrogen-bond acceptors (Lipinski definition) is 4. The summed E-state index contributed by atoms with van der Waals surface area (Å²) in [5.41, 5.74) is 1.64. The van der Waals surface area contributed by atoms with Crippen molar-refractivity contribution in [2.75, 3.05) is 39.3 Å². The van der Waals surface area contributed by atoms with Gasteiger partial charge in [-0.15, -0.1) is 0 Å². The van der Waals surface area contributed by atoms with E-state index in [0.717, 1.165) is 48.6 Å². The number of rotatable bonds is 7. The molecule has 1 saturated heterocycles. The second kappa shape index (κ2) is 8.28. The van der Waals surface area contributed by atoms with E-state index in [4.69, 9.17) is 10.00 Å². The first-order valence-corrected chi connectivity index (χ1v) is 11.8. The Labute approximate surface area is 175 Å². The second-order valence-electron chi connectivity index (χ2n) is 10.2. The van der Waals surface area contributed by atoms with Gasteiger partial charge in [0.05, 0.1) is 19.1 Å². The van der Waals surface area contributed by atoms with E-state index in [1.807, 2.05) is 24.3 Å². The molecule has 156 valence electrons. The number of ether oxygens (including phenoxy) is 1. The first-order valence-electron chi connectivity index (χ1n) is 11.8. The maximum absolute atomic E-state index is 8.74. The molecule has 0 spiro atoms. The smallest absolute Gasteiger partial charge is 0.119 e. The fourth-order valence-corrected chi connectivity index (χ4v) is 7.17. The lowest BCUT2D eigenvalue weighted by molar-refractivity contribution is -0.101. The number of benzene rings is 1. The summed E-state index contributed by atoms with van der Waals surface area (Å²) in [4.78, 5) is 5.55. The zero-order valence-electron chi connectivity index (χ0n) is 17.7. The molecular formula is C25H35N3O. The minimum atomic E-state index is 0.468. The Kier molecular flexibility index (Phi) is 5.54. The molecule has 0 radical (unpaired) electrons. The number of nitrogens with zero attached hydrogens (tertiary/aromatic N) is 3. The van der Waals surface area contributed by atoms with Gasteiger partial charge in [0, 0.05) is 38.3 Å². The van der Waals surface area contributed by atoms with Gasteiger partial charge in [0.2, 0.25) is 0 Å². The average Bonchev–Trinajstić information content (AvgIpc) is 2.72. The quantitative estimate of drug-likeness (QED) is 0.654. The first-order chi connectivity index (χ1) is 14.2. The van der Waals surface area contributed by atoms with Crippen LogP contribution in [0.4, 0.5) is 0 Å². The summed E-state index contributed by atoms with van der Waals surface area (Å²) in [7, 11) is 0. The summed E-state index contributed by atoms with van der Waals surface area (Å²) in [5, 5.41) is 8.74. The van der Waals surface area contributed by atoms with Gasteiger partial charge in [-0.1, -0.05) is 12.1 Å². The predicted molar refractivity (Wildman–Crippen MR) is 115 cm³/mol. The van der Waals surface area contributed by atoms with Crippen molar-refractivity contribution in [3.8, 4) is 11.8 Å². The number of hydrogen-bond donors (Lipinski definition) is 0. The van der Waals surface area contributed by atoms with E-state index < -0.39 is 0 Å². The molecule has 4 aliphatic carbocycles. The average molecular weight is 394 g/mol. The van der Waals surface area contributed by atoms with E-state index in [1.165, 1.54) is 45.4 Å². The molecule has 0 aromatic heterocycles. The predicted octanol–water partition coefficient (Wildman–Crippen LogP) is 4.11. The van der Waals surface area contributed by atoms with Crippen LogP contribution in [-0.4, -0.2) is 54.7 Å². The molecular weight excluding hydrogens is 358 g/mol. The third kappa shape index (κ3) is 4.18. The summed E-state index contributed by atoms with van der Waals surface area (Å²) >= 11 is 0. The van der Waals surface area contributed by atoms with E-state index in [2.05, 4.69) is 15.9 Å². The third-order valence-corrected chi connectivity index (χ3v) is 8.14. The Hall–Kier alpha value is -1.57. The molecule has 1 aromatic rings. The molecule has 6 rings (SSSR count). The van der Waals surface area contributed by atoms with Crippen LogP contribution in [0.1, 0.15) is 50.5 Å². The Balaban J connectivity index is 1.04. The molecule has 0 unspecified atom stereocenters. The van der Waals surface area contributed by atoms with Crippen molar-refractivity contribution in [3.05, 3.63) is 29.8 Å². The van der Waals surface area contributed by atoms with E-state index in [1.54, 1.807) is 19.3 Å². The molecule has 4 saturated carbocycles. The number of nitriles is 1. The maximum Gasteiger partial charge on any atom is 0.119 e. The van der Waals surface area contributed by atoms with E-state index in [0.29, 0.717) is 12.0 Å². The van der Waals surface area contributed by atoms with Crippen molar-refractivity contribution in [3.63, 3.8) is 0 Å². The molecule has 1 aliphatic heterocycles. The highest BCUT2D eigenvalue weighted by Gasteiger charge is 2.53. The number of piperazine rings is 1. The van der Waals surface area contributed by atoms with Crippen LogP contribution in [0, 0.1) is 29.1 Å². The Bertz CT molecular complexity index is 694. The second-order valence-corrected chi connectivity index (χ2v) is 10.2. The largest absolute Gasteiger partial charge is 0.494 e. The van der Waals surface area contributed by atoms with Gasteiger partial charge in [0.1, 0.15) is 5.75 Å². The lowest BCUT2D eigenvalue weighted by Crippen LogP contribution is -2.63. The standard InChI is InChI=1S/C25H35N3O/c26-7-6-20-2-4-24(5-3-20)29-13-1-8-27-9-11-28(12-10-27)25-17-21-14-22(18-25)16-23(15-21)19-25/h2-5,21-23H,1,6,8-19H2. The Morgan fingerprint density at radius 2 is 1.55 bits per heavy atom. The van der Waals surface area contributed by atoms with Crippen LogP contribution < -0.4 is 4.74 Å². The van der Waals surface area contributed by atoms with Crippen LogP contribution >= 0.6 is 0 Å². The normalized spacial score (nSPS) is 34.2. The SMILES string of the molecule is N#CCc1ccc(OCCCN2CCN(C34CC5CC(CC(C5)C3)C4)CC2)cc1. The molecule has 5 fully saturated rings. The molecule has 0 N–H and O–H groups in total. The molecule has 4 nitrogen and oxygen atoms in total. The maximum atomic E-state index is 8.74. The van der Waals surface area contributed by atoms with Crippen molar-refractivity contribution < 1.29 is 4.74 Å². The fraction of sp³-hybridized carbons (Fsp3) is 0.720. The highest BCUT2D eigenvalue weighted by molar-refractivity contribution is 5.28. The van der Waals surface area contributed by atoms with Crippen molar-refractivity contribution in [1.29, 1.82) is 5.26 Å². The van der Waals surface area contributed by atoms with Gasteiger partial charge in [-0.2, -0.15) is 5.26 Å². The van der Waals surface area contributed by atoms with Gasteiger partial charge in [-0.05, 0) is 80.4 Å². The highest BCUT2D eigenvalue weighted by atomic mass is 16.5. The zero-order valence-corrected chi connectivity index (χ0v) is 17.7. The van der Waals surface area contributed by atoms with Crippen LogP contribution in [0.25, 0.3) is 0 Å². The van der Waals surface area contributed by atoms with E-state index >= 15 is 0 Å². The Morgan fingerprint density at radius 3 is 2.14 bits per heavy atom. The lowest BCUT2D eigenvalue weighted by Gasteiger charge is -2.61. The van der Waals surface area contributed by atoms with Gasteiger partial charge in [-0.3, -0.25) is 4.90 Å². The van der Waals surface area contributed by atoms with Crippen LogP contribution in [0.2, 0.25) is 0 Å². The summed E-state index contributed by atoms with van der Waals surface area (Å²) < 4.78 is 5.90.